The number of nitriles is 1. The molecule has 112 valence electrons. The summed E-state index contributed by atoms with van der Waals surface area (Å²) in [7, 11) is 0. The highest BCUT2D eigenvalue weighted by atomic mass is 79.9. The van der Waals surface area contributed by atoms with E-state index in [4.69, 9.17) is 5.26 Å². The van der Waals surface area contributed by atoms with E-state index in [2.05, 4.69) is 60.0 Å². The van der Waals surface area contributed by atoms with Crippen LogP contribution in [0.15, 0.2) is 34.9 Å². The molecule has 0 spiro atoms. The predicted octanol–water partition coefficient (Wildman–Crippen LogP) is 2.75. The Morgan fingerprint density at radius 3 is 2.36 bits per heavy atom. The van der Waals surface area contributed by atoms with Gasteiger partial charge < -0.3 is 9.80 Å². The van der Waals surface area contributed by atoms with Gasteiger partial charge >= 0.3 is 0 Å². The second-order valence-electron chi connectivity index (χ2n) is 5.26. The monoisotopic (exact) mass is 357 g/mol. The van der Waals surface area contributed by atoms with Crippen molar-refractivity contribution in [3.63, 3.8) is 0 Å². The summed E-state index contributed by atoms with van der Waals surface area (Å²) in [6.45, 7) is 5.63. The van der Waals surface area contributed by atoms with E-state index in [0.29, 0.717) is 0 Å². The number of hydrogen-bond acceptors (Lipinski definition) is 5. The Labute approximate surface area is 138 Å². The van der Waals surface area contributed by atoms with Crippen LogP contribution in [0.5, 0.6) is 0 Å². The Morgan fingerprint density at radius 1 is 1.09 bits per heavy atom. The molecule has 0 amide bonds. The number of halogens is 1. The van der Waals surface area contributed by atoms with Crippen molar-refractivity contribution in [3.8, 4) is 6.07 Å². The molecule has 1 saturated heterocycles. The van der Waals surface area contributed by atoms with Gasteiger partial charge in [-0.25, -0.2) is 9.97 Å². The molecule has 1 aromatic heterocycles. The third-order valence-electron chi connectivity index (χ3n) is 3.82. The molecule has 1 aromatic carbocycles. The quantitative estimate of drug-likeness (QED) is 0.826. The van der Waals surface area contributed by atoms with Crippen molar-refractivity contribution in [2.75, 3.05) is 36.0 Å². The van der Waals surface area contributed by atoms with Crippen molar-refractivity contribution in [2.45, 2.75) is 6.92 Å². The van der Waals surface area contributed by atoms with Gasteiger partial charge in [0.2, 0.25) is 5.82 Å². The minimum Gasteiger partial charge on any atom is -0.368 e. The van der Waals surface area contributed by atoms with Gasteiger partial charge in [-0.05, 0) is 31.2 Å². The Morgan fingerprint density at radius 2 is 1.73 bits per heavy atom. The van der Waals surface area contributed by atoms with E-state index in [-0.39, 0.29) is 5.82 Å². The summed E-state index contributed by atoms with van der Waals surface area (Å²) in [5.41, 5.74) is 2.25. The van der Waals surface area contributed by atoms with E-state index in [1.165, 1.54) is 5.69 Å². The van der Waals surface area contributed by atoms with Gasteiger partial charge in [0.15, 0.2) is 0 Å². The van der Waals surface area contributed by atoms with E-state index < -0.39 is 0 Å². The summed E-state index contributed by atoms with van der Waals surface area (Å²) in [5.74, 6) is 1.11. The predicted molar refractivity (Wildman–Crippen MR) is 90.1 cm³/mol. The van der Waals surface area contributed by atoms with Crippen LogP contribution in [0.1, 0.15) is 11.4 Å². The van der Waals surface area contributed by atoms with Crippen molar-refractivity contribution in [2.24, 2.45) is 0 Å². The van der Waals surface area contributed by atoms with Crippen molar-refractivity contribution in [3.05, 3.63) is 46.3 Å². The first-order chi connectivity index (χ1) is 10.7. The normalized spacial score (nSPS) is 14.8. The highest BCUT2D eigenvalue weighted by Gasteiger charge is 2.20. The van der Waals surface area contributed by atoms with Crippen molar-refractivity contribution in [1.82, 2.24) is 9.97 Å². The number of rotatable bonds is 2. The van der Waals surface area contributed by atoms with E-state index in [1.807, 2.05) is 13.0 Å². The summed E-state index contributed by atoms with van der Waals surface area (Å²) in [6, 6.07) is 10.4. The molecule has 0 atom stereocenters. The van der Waals surface area contributed by atoms with Crippen LogP contribution in [0.25, 0.3) is 0 Å². The molecule has 0 N–H and O–H groups in total. The Kier molecular flexibility index (Phi) is 4.25. The average molecular weight is 358 g/mol. The molecule has 6 heteroatoms. The first-order valence-corrected chi connectivity index (χ1v) is 7.96. The maximum atomic E-state index is 8.96. The third kappa shape index (κ3) is 3.04. The molecule has 2 heterocycles. The molecule has 1 fully saturated rings. The van der Waals surface area contributed by atoms with Crippen LogP contribution in [-0.2, 0) is 0 Å². The molecular formula is C16H16BrN5. The van der Waals surface area contributed by atoms with Crippen LogP contribution in [0.3, 0.4) is 0 Å². The number of aryl methyl sites for hydroxylation is 1. The first kappa shape index (κ1) is 14.8. The smallest absolute Gasteiger partial charge is 0.234 e. The summed E-state index contributed by atoms with van der Waals surface area (Å²) < 4.78 is 1.09. The van der Waals surface area contributed by atoms with Gasteiger partial charge in [0.05, 0.1) is 0 Å². The highest BCUT2D eigenvalue weighted by molar-refractivity contribution is 9.10. The zero-order chi connectivity index (χ0) is 15.5. The minimum atomic E-state index is 0.232. The zero-order valence-electron chi connectivity index (χ0n) is 12.3. The van der Waals surface area contributed by atoms with Gasteiger partial charge in [0.1, 0.15) is 11.9 Å². The lowest BCUT2D eigenvalue weighted by molar-refractivity contribution is 0.644. The van der Waals surface area contributed by atoms with Gasteiger partial charge in [0.25, 0.3) is 0 Å². The van der Waals surface area contributed by atoms with Crippen LogP contribution in [0.4, 0.5) is 11.5 Å². The Bertz CT molecular complexity index is 699. The largest absolute Gasteiger partial charge is 0.368 e. The first-order valence-electron chi connectivity index (χ1n) is 7.16. The molecule has 3 rings (SSSR count). The lowest BCUT2D eigenvalue weighted by atomic mass is 10.2. The highest BCUT2D eigenvalue weighted by Crippen LogP contribution is 2.22. The van der Waals surface area contributed by atoms with Gasteiger partial charge in [-0.3, -0.25) is 0 Å². The SMILES string of the molecule is Cc1cnc(C#N)nc1N1CCN(c2ccc(Br)cc2)CC1. The van der Waals surface area contributed by atoms with Crippen LogP contribution in [0.2, 0.25) is 0 Å². The lowest BCUT2D eigenvalue weighted by Gasteiger charge is -2.37. The Balaban J connectivity index is 1.72. The van der Waals surface area contributed by atoms with Gasteiger partial charge in [-0.1, -0.05) is 15.9 Å². The molecule has 1 aliphatic heterocycles. The zero-order valence-corrected chi connectivity index (χ0v) is 13.9. The molecule has 0 unspecified atom stereocenters. The van der Waals surface area contributed by atoms with E-state index in [0.717, 1.165) is 42.0 Å². The molecule has 0 aliphatic carbocycles. The fourth-order valence-electron chi connectivity index (χ4n) is 2.64. The van der Waals surface area contributed by atoms with E-state index in [1.54, 1.807) is 6.20 Å². The summed E-state index contributed by atoms with van der Waals surface area (Å²) >= 11 is 3.46. The number of anilines is 2. The van der Waals surface area contributed by atoms with Gasteiger partial charge in [-0.2, -0.15) is 5.26 Å². The molecule has 22 heavy (non-hydrogen) atoms. The summed E-state index contributed by atoms with van der Waals surface area (Å²) in [5, 5.41) is 8.96. The lowest BCUT2D eigenvalue weighted by Crippen LogP contribution is -2.47. The maximum absolute atomic E-state index is 8.96. The molecule has 0 bridgehead atoms. The molecule has 1 aliphatic rings. The fourth-order valence-corrected chi connectivity index (χ4v) is 2.90. The van der Waals surface area contributed by atoms with Crippen molar-refractivity contribution >= 4 is 27.4 Å². The average Bonchev–Trinajstić information content (AvgIpc) is 2.56. The Hall–Kier alpha value is -2.13. The molecule has 2 aromatic rings. The van der Waals surface area contributed by atoms with Crippen LogP contribution >= 0.6 is 15.9 Å². The van der Waals surface area contributed by atoms with Crippen LogP contribution in [0, 0.1) is 18.3 Å². The molecule has 5 nitrogen and oxygen atoms in total. The fraction of sp³-hybridized carbons (Fsp3) is 0.312. The molecule has 0 radical (unpaired) electrons. The number of hydrogen-bond donors (Lipinski definition) is 0. The van der Waals surface area contributed by atoms with Crippen LogP contribution < -0.4 is 9.80 Å². The van der Waals surface area contributed by atoms with Crippen LogP contribution in [-0.4, -0.2) is 36.1 Å². The van der Waals surface area contributed by atoms with E-state index >= 15 is 0 Å². The third-order valence-corrected chi connectivity index (χ3v) is 4.34. The second-order valence-corrected chi connectivity index (χ2v) is 6.18. The number of benzene rings is 1. The van der Waals surface area contributed by atoms with E-state index in [9.17, 15) is 0 Å². The number of aromatic nitrogens is 2. The second kappa shape index (κ2) is 6.32. The maximum Gasteiger partial charge on any atom is 0.234 e. The van der Waals surface area contributed by atoms with Gasteiger partial charge in [-0.15, -0.1) is 0 Å². The number of piperazine rings is 1. The topological polar surface area (TPSA) is 56.1 Å². The summed E-state index contributed by atoms with van der Waals surface area (Å²) in [4.78, 5) is 13.0. The van der Waals surface area contributed by atoms with Crippen molar-refractivity contribution < 1.29 is 0 Å². The van der Waals surface area contributed by atoms with Gasteiger partial charge in [0, 0.05) is 48.1 Å². The minimum absolute atomic E-state index is 0.232. The molecule has 0 saturated carbocycles. The van der Waals surface area contributed by atoms with Crippen molar-refractivity contribution in [1.29, 1.82) is 5.26 Å². The summed E-state index contributed by atoms with van der Waals surface area (Å²) in [6.07, 6.45) is 1.72. The number of nitrogens with zero attached hydrogens (tertiary/aromatic N) is 5. The standard InChI is InChI=1S/C16H16BrN5/c1-12-11-19-15(10-18)20-16(12)22-8-6-21(7-9-22)14-4-2-13(17)3-5-14/h2-5,11H,6-9H2,1H3. The molecular weight excluding hydrogens is 342 g/mol.